The molecule has 7 nitrogen and oxygen atoms in total. The van der Waals surface area contributed by atoms with Crippen LogP contribution in [0.4, 0.5) is 0 Å². The second-order valence-electron chi connectivity index (χ2n) is 7.71. The van der Waals surface area contributed by atoms with Crippen molar-refractivity contribution in [3.8, 4) is 0 Å². The first-order valence-electron chi connectivity index (χ1n) is 10.4. The Bertz CT molecular complexity index is 1110. The van der Waals surface area contributed by atoms with Crippen LogP contribution >= 0.6 is 23.4 Å². The van der Waals surface area contributed by atoms with Crippen molar-refractivity contribution >= 4 is 41.1 Å². The molecule has 0 spiro atoms. The van der Waals surface area contributed by atoms with Crippen LogP contribution in [-0.2, 0) is 36.9 Å². The molecule has 0 saturated carbocycles. The molecule has 0 radical (unpaired) electrons. The molecule has 3 atom stereocenters. The third-order valence-electron chi connectivity index (χ3n) is 5.52. The number of nitrogens with one attached hydrogen (secondary N) is 1. The van der Waals surface area contributed by atoms with Gasteiger partial charge in [0.2, 0.25) is 5.91 Å². The zero-order chi connectivity index (χ0) is 23.5. The lowest BCUT2D eigenvalue weighted by Crippen LogP contribution is -2.71. The predicted molar refractivity (Wildman–Crippen MR) is 125 cm³/mol. The van der Waals surface area contributed by atoms with E-state index in [-0.39, 0.29) is 30.5 Å². The molecule has 1 fully saturated rings. The van der Waals surface area contributed by atoms with Gasteiger partial charge in [0.1, 0.15) is 29.2 Å². The molecule has 2 amide bonds. The summed E-state index contributed by atoms with van der Waals surface area (Å²) in [6.45, 7) is 1.83. The number of esters is 1. The summed E-state index contributed by atoms with van der Waals surface area (Å²) in [7, 11) is 1.54. The van der Waals surface area contributed by atoms with Crippen molar-refractivity contribution in [3.05, 3.63) is 82.0 Å². The maximum Gasteiger partial charge on any atom is 0.355 e. The molecule has 2 aromatic carbocycles. The third kappa shape index (κ3) is 4.78. The summed E-state index contributed by atoms with van der Waals surface area (Å²) in [6, 6.07) is 15.6. The fourth-order valence-electron chi connectivity index (χ4n) is 3.83. The Labute approximate surface area is 201 Å². The van der Waals surface area contributed by atoms with Crippen molar-refractivity contribution < 1.29 is 23.9 Å². The Hall–Kier alpha value is -2.81. The number of fused-ring (bicyclic) bond motifs is 1. The fraction of sp³-hybridized carbons (Fsp3) is 0.292. The van der Waals surface area contributed by atoms with Gasteiger partial charge in [-0.05, 0) is 29.7 Å². The Morgan fingerprint density at radius 2 is 1.82 bits per heavy atom. The Morgan fingerprint density at radius 3 is 2.52 bits per heavy atom. The molecule has 2 aromatic rings. The minimum Gasteiger partial charge on any atom is -0.456 e. The molecule has 0 unspecified atom stereocenters. The van der Waals surface area contributed by atoms with Gasteiger partial charge in [0.15, 0.2) is 0 Å². The van der Waals surface area contributed by atoms with Crippen LogP contribution < -0.4 is 5.32 Å². The second-order valence-corrected chi connectivity index (χ2v) is 9.30. The van der Waals surface area contributed by atoms with Gasteiger partial charge in [-0.2, -0.15) is 0 Å². The molecule has 33 heavy (non-hydrogen) atoms. The van der Waals surface area contributed by atoms with Crippen molar-refractivity contribution in [2.24, 2.45) is 0 Å². The average Bonchev–Trinajstić information content (AvgIpc) is 2.83. The zero-order valence-electron chi connectivity index (χ0n) is 18.1. The van der Waals surface area contributed by atoms with E-state index >= 15 is 0 Å². The maximum absolute atomic E-state index is 13.0. The predicted octanol–water partition coefficient (Wildman–Crippen LogP) is 3.27. The summed E-state index contributed by atoms with van der Waals surface area (Å²) in [6.07, 6.45) is 0.0510. The summed E-state index contributed by atoms with van der Waals surface area (Å²) in [5.41, 5.74) is 1.84. The van der Waals surface area contributed by atoms with Crippen molar-refractivity contribution in [1.29, 1.82) is 0 Å². The van der Waals surface area contributed by atoms with E-state index < -0.39 is 22.8 Å². The lowest BCUT2D eigenvalue weighted by atomic mass is 10.0. The highest BCUT2D eigenvalue weighted by Gasteiger charge is 2.56. The van der Waals surface area contributed by atoms with Crippen molar-refractivity contribution in [2.45, 2.75) is 36.8 Å². The molecule has 4 rings (SSSR count). The molecule has 0 aliphatic carbocycles. The van der Waals surface area contributed by atoms with E-state index in [4.69, 9.17) is 21.1 Å². The molecule has 9 heteroatoms. The van der Waals surface area contributed by atoms with Crippen molar-refractivity contribution in [1.82, 2.24) is 10.2 Å². The van der Waals surface area contributed by atoms with Crippen LogP contribution in [0.15, 0.2) is 65.9 Å². The third-order valence-corrected chi connectivity index (χ3v) is 7.44. The number of hydrogen-bond donors (Lipinski definition) is 1. The molecule has 0 bridgehead atoms. The molecule has 2 aliphatic rings. The monoisotopic (exact) mass is 486 g/mol. The summed E-state index contributed by atoms with van der Waals surface area (Å²) < 4.78 is 11.0. The Balaban J connectivity index is 1.47. The van der Waals surface area contributed by atoms with E-state index in [1.807, 2.05) is 30.3 Å². The first-order chi connectivity index (χ1) is 15.9. The van der Waals surface area contributed by atoms with Gasteiger partial charge in [-0.1, -0.05) is 71.9 Å². The maximum atomic E-state index is 13.0. The van der Waals surface area contributed by atoms with Crippen LogP contribution in [-0.4, -0.2) is 46.6 Å². The lowest BCUT2D eigenvalue weighted by molar-refractivity contribution is -0.153. The summed E-state index contributed by atoms with van der Waals surface area (Å²) in [4.78, 5) is 39.9. The highest BCUT2D eigenvalue weighted by molar-refractivity contribution is 8.00. The quantitative estimate of drug-likeness (QED) is 0.477. The smallest absolute Gasteiger partial charge is 0.355 e. The molecular weight excluding hydrogens is 464 g/mol. The highest BCUT2D eigenvalue weighted by atomic mass is 35.5. The van der Waals surface area contributed by atoms with Crippen LogP contribution in [0.5, 0.6) is 0 Å². The van der Waals surface area contributed by atoms with Crippen molar-refractivity contribution in [2.75, 3.05) is 7.11 Å². The van der Waals surface area contributed by atoms with Gasteiger partial charge in [-0.3, -0.25) is 14.5 Å². The SMILES string of the molecule is CO[C@H]1S[C@@H]2[C@@H](NC(=O)Cc3ccccc3Cl)C(=O)N2C(C(=O)OCc2ccccc2)=C1C. The van der Waals surface area contributed by atoms with E-state index in [0.29, 0.717) is 16.2 Å². The van der Waals surface area contributed by atoms with E-state index in [1.54, 1.807) is 31.2 Å². The number of ether oxygens (including phenoxy) is 2. The number of carbonyl (C=O) groups is 3. The topological polar surface area (TPSA) is 84.9 Å². The number of carbonyl (C=O) groups excluding carboxylic acids is 3. The first kappa shape index (κ1) is 23.4. The van der Waals surface area contributed by atoms with E-state index in [2.05, 4.69) is 5.32 Å². The van der Waals surface area contributed by atoms with Crippen LogP contribution in [0.2, 0.25) is 5.02 Å². The largest absolute Gasteiger partial charge is 0.456 e. The molecule has 1 saturated heterocycles. The molecule has 2 heterocycles. The van der Waals surface area contributed by atoms with Crippen molar-refractivity contribution in [3.63, 3.8) is 0 Å². The first-order valence-corrected chi connectivity index (χ1v) is 11.7. The molecule has 0 aromatic heterocycles. The number of thioether (sulfide) groups is 1. The number of benzene rings is 2. The number of nitrogens with zero attached hydrogens (tertiary/aromatic N) is 1. The number of hydrogen-bond acceptors (Lipinski definition) is 6. The normalized spacial score (nSPS) is 21.8. The fourth-order valence-corrected chi connectivity index (χ4v) is 5.38. The summed E-state index contributed by atoms with van der Waals surface area (Å²) in [5.74, 6) is -1.28. The second kappa shape index (κ2) is 9.99. The highest BCUT2D eigenvalue weighted by Crippen LogP contribution is 2.44. The number of methoxy groups -OCH3 is 1. The minimum absolute atomic E-state index is 0.0510. The molecule has 1 N–H and O–H groups in total. The van der Waals surface area contributed by atoms with E-state index in [0.717, 1.165) is 5.56 Å². The molecule has 2 aliphatic heterocycles. The number of amides is 2. The van der Waals surface area contributed by atoms with Gasteiger partial charge >= 0.3 is 5.97 Å². The van der Waals surface area contributed by atoms with Crippen LogP contribution in [0.3, 0.4) is 0 Å². The van der Waals surface area contributed by atoms with E-state index in [1.165, 1.54) is 23.8 Å². The lowest BCUT2D eigenvalue weighted by Gasteiger charge is -2.51. The van der Waals surface area contributed by atoms with Gasteiger partial charge in [-0.15, -0.1) is 0 Å². The van der Waals surface area contributed by atoms with Gasteiger partial charge < -0.3 is 14.8 Å². The Morgan fingerprint density at radius 1 is 1.12 bits per heavy atom. The molecular formula is C24H23ClN2O5S. The number of rotatable bonds is 7. The summed E-state index contributed by atoms with van der Waals surface area (Å²) in [5, 5.41) is 2.79. The standard InChI is InChI=1S/C24H23ClN2O5S/c1-14-20(23(30)32-13-15-8-4-3-5-9-15)27-21(29)19(22(27)33-24(14)31-2)26-18(28)12-16-10-6-7-11-17(16)25/h3-11,19,22,24H,12-13H2,1-2H3,(H,26,28)/t19-,22+,24-/m0/s1. The molecule has 172 valence electrons. The number of halogens is 1. The zero-order valence-corrected chi connectivity index (χ0v) is 19.7. The van der Waals surface area contributed by atoms with Gasteiger partial charge in [0, 0.05) is 12.1 Å². The number of β-lactam (4-membered cyclic amide) rings is 1. The van der Waals surface area contributed by atoms with Crippen LogP contribution in [0.25, 0.3) is 0 Å². The average molecular weight is 487 g/mol. The van der Waals surface area contributed by atoms with Crippen LogP contribution in [0, 0.1) is 0 Å². The van der Waals surface area contributed by atoms with E-state index in [9.17, 15) is 14.4 Å². The van der Waals surface area contributed by atoms with Gasteiger partial charge in [0.25, 0.3) is 5.91 Å². The van der Waals surface area contributed by atoms with Gasteiger partial charge in [-0.25, -0.2) is 4.79 Å². The van der Waals surface area contributed by atoms with Crippen LogP contribution in [0.1, 0.15) is 18.1 Å². The summed E-state index contributed by atoms with van der Waals surface area (Å²) >= 11 is 7.51. The Kier molecular flexibility index (Phi) is 7.07. The minimum atomic E-state index is -0.771. The van der Waals surface area contributed by atoms with Gasteiger partial charge in [0.05, 0.1) is 6.42 Å².